The number of nitrogens with one attached hydrogen (secondary N) is 2. The molecule has 0 bridgehead atoms. The van der Waals surface area contributed by atoms with Crippen LogP contribution in [0.15, 0.2) is 6.20 Å². The number of aromatic nitrogens is 2. The third-order valence-electron chi connectivity index (χ3n) is 2.99. The van der Waals surface area contributed by atoms with Crippen molar-refractivity contribution in [3.63, 3.8) is 0 Å². The molecule has 0 radical (unpaired) electrons. The van der Waals surface area contributed by atoms with Crippen LogP contribution in [0.25, 0.3) is 0 Å². The van der Waals surface area contributed by atoms with Gasteiger partial charge >= 0.3 is 12.0 Å². The number of amides is 2. The second kappa shape index (κ2) is 6.93. The van der Waals surface area contributed by atoms with Gasteiger partial charge < -0.3 is 15.7 Å². The van der Waals surface area contributed by atoms with Crippen LogP contribution in [0.3, 0.4) is 0 Å². The topological polar surface area (TPSA) is 96.3 Å². The van der Waals surface area contributed by atoms with Crippen LogP contribution in [-0.2, 0) is 24.8 Å². The van der Waals surface area contributed by atoms with Gasteiger partial charge in [-0.05, 0) is 12.3 Å². The molecular formula is C13H22N4O3. The van der Waals surface area contributed by atoms with Gasteiger partial charge in [0.15, 0.2) is 0 Å². The molecule has 7 heteroatoms. The van der Waals surface area contributed by atoms with E-state index in [9.17, 15) is 9.59 Å². The fourth-order valence-corrected chi connectivity index (χ4v) is 1.91. The summed E-state index contributed by atoms with van der Waals surface area (Å²) >= 11 is 0. The van der Waals surface area contributed by atoms with E-state index >= 15 is 0 Å². The second-order valence-corrected chi connectivity index (χ2v) is 5.02. The van der Waals surface area contributed by atoms with E-state index < -0.39 is 18.0 Å². The first-order valence-electron chi connectivity index (χ1n) is 6.63. The number of rotatable bonds is 6. The SMILES string of the molecule is CCc1nn(C)cc1CNC(=O)N[C@H](C(=O)O)C(C)C. The third kappa shape index (κ3) is 4.25. The molecule has 1 rings (SSSR count). The predicted molar refractivity (Wildman–Crippen MR) is 74.2 cm³/mol. The number of hydrogen-bond acceptors (Lipinski definition) is 3. The molecule has 0 fully saturated rings. The number of carbonyl (C=O) groups excluding carboxylic acids is 1. The summed E-state index contributed by atoms with van der Waals surface area (Å²) in [4.78, 5) is 22.7. The van der Waals surface area contributed by atoms with Gasteiger partial charge in [0.05, 0.1) is 5.69 Å². The zero-order valence-electron chi connectivity index (χ0n) is 12.3. The summed E-state index contributed by atoms with van der Waals surface area (Å²) in [5, 5.41) is 18.4. The van der Waals surface area contributed by atoms with Gasteiger partial charge in [-0.3, -0.25) is 4.68 Å². The van der Waals surface area contributed by atoms with Crippen LogP contribution >= 0.6 is 0 Å². The molecule has 20 heavy (non-hydrogen) atoms. The van der Waals surface area contributed by atoms with Crippen molar-refractivity contribution in [3.05, 3.63) is 17.5 Å². The number of carboxylic acid groups (broad SMARTS) is 1. The Balaban J connectivity index is 2.56. The van der Waals surface area contributed by atoms with Gasteiger partial charge in [-0.15, -0.1) is 0 Å². The van der Waals surface area contributed by atoms with Crippen molar-refractivity contribution in [2.24, 2.45) is 13.0 Å². The molecule has 0 aromatic carbocycles. The minimum Gasteiger partial charge on any atom is -0.480 e. The highest BCUT2D eigenvalue weighted by atomic mass is 16.4. The first kappa shape index (κ1) is 16.0. The summed E-state index contributed by atoms with van der Waals surface area (Å²) in [7, 11) is 1.82. The monoisotopic (exact) mass is 282 g/mol. The van der Waals surface area contributed by atoms with Crippen molar-refractivity contribution in [2.45, 2.75) is 39.8 Å². The highest BCUT2D eigenvalue weighted by Crippen LogP contribution is 2.06. The van der Waals surface area contributed by atoms with Crippen LogP contribution in [0.1, 0.15) is 32.0 Å². The minimum atomic E-state index is -1.04. The molecule has 2 amide bonds. The molecule has 0 spiro atoms. The van der Waals surface area contributed by atoms with Gasteiger partial charge in [-0.25, -0.2) is 9.59 Å². The standard InChI is InChI=1S/C13H22N4O3/c1-5-10-9(7-17(4)16-10)6-14-13(20)15-11(8(2)3)12(18)19/h7-8,11H,5-6H2,1-4H3,(H,18,19)(H2,14,15,20)/t11-/m0/s1. The molecule has 0 unspecified atom stereocenters. The van der Waals surface area contributed by atoms with Crippen molar-refractivity contribution in [1.29, 1.82) is 0 Å². The van der Waals surface area contributed by atoms with Crippen LogP contribution < -0.4 is 10.6 Å². The fraction of sp³-hybridized carbons (Fsp3) is 0.615. The average molecular weight is 282 g/mol. The van der Waals surface area contributed by atoms with Crippen LogP contribution in [0.5, 0.6) is 0 Å². The molecule has 3 N–H and O–H groups in total. The van der Waals surface area contributed by atoms with Gasteiger partial charge in [-0.2, -0.15) is 5.10 Å². The zero-order chi connectivity index (χ0) is 15.3. The Morgan fingerprint density at radius 2 is 2.10 bits per heavy atom. The number of carboxylic acids is 1. The van der Waals surface area contributed by atoms with Crippen molar-refractivity contribution < 1.29 is 14.7 Å². The Bertz CT molecular complexity index is 482. The molecule has 0 saturated carbocycles. The smallest absolute Gasteiger partial charge is 0.326 e. The number of hydrogen-bond donors (Lipinski definition) is 3. The number of urea groups is 1. The minimum absolute atomic E-state index is 0.178. The molecule has 1 aromatic heterocycles. The van der Waals surface area contributed by atoms with Crippen LogP contribution in [0.4, 0.5) is 4.79 Å². The maximum atomic E-state index is 11.7. The van der Waals surface area contributed by atoms with Crippen molar-refractivity contribution in [2.75, 3.05) is 0 Å². The average Bonchev–Trinajstić information content (AvgIpc) is 2.73. The molecule has 112 valence electrons. The lowest BCUT2D eigenvalue weighted by atomic mass is 10.1. The van der Waals surface area contributed by atoms with E-state index in [1.807, 2.05) is 20.2 Å². The summed E-state index contributed by atoms with van der Waals surface area (Å²) < 4.78 is 1.70. The van der Waals surface area contributed by atoms with E-state index in [0.717, 1.165) is 17.7 Å². The number of aliphatic carboxylic acids is 1. The van der Waals surface area contributed by atoms with Gasteiger partial charge in [0.2, 0.25) is 0 Å². The van der Waals surface area contributed by atoms with Crippen LogP contribution in [0.2, 0.25) is 0 Å². The highest BCUT2D eigenvalue weighted by molar-refractivity contribution is 5.82. The molecule has 1 aromatic rings. The molecule has 7 nitrogen and oxygen atoms in total. The lowest BCUT2D eigenvalue weighted by molar-refractivity contribution is -0.140. The molecule has 0 aliphatic rings. The Labute approximate surface area is 118 Å². The van der Waals surface area contributed by atoms with Crippen molar-refractivity contribution in [1.82, 2.24) is 20.4 Å². The van der Waals surface area contributed by atoms with E-state index in [2.05, 4.69) is 15.7 Å². The summed E-state index contributed by atoms with van der Waals surface area (Å²) in [6.45, 7) is 5.81. The number of nitrogens with zero attached hydrogens (tertiary/aromatic N) is 2. The first-order valence-corrected chi connectivity index (χ1v) is 6.63. The number of carbonyl (C=O) groups is 2. The molecule has 0 saturated heterocycles. The maximum absolute atomic E-state index is 11.7. The summed E-state index contributed by atoms with van der Waals surface area (Å²) in [5.74, 6) is -1.21. The lowest BCUT2D eigenvalue weighted by Gasteiger charge is -2.18. The molecule has 1 atom stereocenters. The van der Waals surface area contributed by atoms with Gasteiger partial charge in [0, 0.05) is 25.4 Å². The van der Waals surface area contributed by atoms with Gasteiger partial charge in [0.1, 0.15) is 6.04 Å². The van der Waals surface area contributed by atoms with E-state index in [-0.39, 0.29) is 5.92 Å². The predicted octanol–water partition coefficient (Wildman–Crippen LogP) is 0.891. The first-order chi connectivity index (χ1) is 9.35. The number of aryl methyl sites for hydroxylation is 2. The Hall–Kier alpha value is -2.05. The van der Waals surface area contributed by atoms with E-state index in [0.29, 0.717) is 6.54 Å². The van der Waals surface area contributed by atoms with Crippen molar-refractivity contribution in [3.8, 4) is 0 Å². The largest absolute Gasteiger partial charge is 0.480 e. The normalized spacial score (nSPS) is 12.2. The lowest BCUT2D eigenvalue weighted by Crippen LogP contribution is -2.48. The van der Waals surface area contributed by atoms with E-state index in [4.69, 9.17) is 5.11 Å². The summed E-state index contributed by atoms with van der Waals surface area (Å²) in [5.41, 5.74) is 1.85. The van der Waals surface area contributed by atoms with Crippen molar-refractivity contribution >= 4 is 12.0 Å². The zero-order valence-corrected chi connectivity index (χ0v) is 12.3. The van der Waals surface area contributed by atoms with E-state index in [1.54, 1.807) is 18.5 Å². The molecule has 0 aliphatic carbocycles. The molecule has 1 heterocycles. The molecular weight excluding hydrogens is 260 g/mol. The fourth-order valence-electron chi connectivity index (χ4n) is 1.91. The second-order valence-electron chi connectivity index (χ2n) is 5.02. The Morgan fingerprint density at radius 1 is 1.45 bits per heavy atom. The quantitative estimate of drug-likeness (QED) is 0.722. The van der Waals surface area contributed by atoms with Crippen LogP contribution in [-0.4, -0.2) is 32.9 Å². The summed E-state index contributed by atoms with van der Waals surface area (Å²) in [6, 6.07) is -1.38. The Kier molecular flexibility index (Phi) is 5.54. The van der Waals surface area contributed by atoms with Gasteiger partial charge in [-0.1, -0.05) is 20.8 Å². The molecule has 0 aliphatic heterocycles. The third-order valence-corrected chi connectivity index (χ3v) is 2.99. The maximum Gasteiger partial charge on any atom is 0.326 e. The van der Waals surface area contributed by atoms with E-state index in [1.165, 1.54) is 0 Å². The summed E-state index contributed by atoms with van der Waals surface area (Å²) in [6.07, 6.45) is 2.62. The van der Waals surface area contributed by atoms with Gasteiger partial charge in [0.25, 0.3) is 0 Å². The van der Waals surface area contributed by atoms with Crippen LogP contribution in [0, 0.1) is 5.92 Å². The Morgan fingerprint density at radius 3 is 2.60 bits per heavy atom. The highest BCUT2D eigenvalue weighted by Gasteiger charge is 2.23.